The lowest BCUT2D eigenvalue weighted by Gasteiger charge is -2.11. The number of carbonyl (C=O) groups is 1. The Morgan fingerprint density at radius 3 is 3.00 bits per heavy atom. The fourth-order valence-corrected chi connectivity index (χ4v) is 2.64. The summed E-state index contributed by atoms with van der Waals surface area (Å²) in [7, 11) is 0. The number of nitrogens with one attached hydrogen (secondary N) is 2. The van der Waals surface area contributed by atoms with Gasteiger partial charge in [-0.1, -0.05) is 6.07 Å². The molecule has 2 rings (SSSR count). The van der Waals surface area contributed by atoms with Crippen molar-refractivity contribution in [2.45, 2.75) is 20.3 Å². The second-order valence-electron chi connectivity index (χ2n) is 4.49. The summed E-state index contributed by atoms with van der Waals surface area (Å²) < 4.78 is 0. The number of hydrogen-bond acceptors (Lipinski definition) is 4. The Morgan fingerprint density at radius 2 is 2.30 bits per heavy atom. The number of anilines is 1. The molecular weight excluding hydrogens is 270 g/mol. The first-order chi connectivity index (χ1) is 9.70. The van der Waals surface area contributed by atoms with Gasteiger partial charge in [-0.05, 0) is 37.8 Å². The highest BCUT2D eigenvalue weighted by Crippen LogP contribution is 2.15. The van der Waals surface area contributed by atoms with Crippen LogP contribution in [0.25, 0.3) is 0 Å². The smallest absolute Gasteiger partial charge is 0.254 e. The monoisotopic (exact) mass is 289 g/mol. The predicted octanol–water partition coefficient (Wildman–Crippen LogP) is 2.86. The minimum Gasteiger partial charge on any atom is -0.385 e. The third kappa shape index (κ3) is 3.81. The van der Waals surface area contributed by atoms with Crippen LogP contribution in [0.2, 0.25) is 0 Å². The van der Waals surface area contributed by atoms with Crippen molar-refractivity contribution >= 4 is 22.9 Å². The number of nitrogens with zero attached hydrogens (tertiary/aromatic N) is 1. The van der Waals surface area contributed by atoms with Crippen LogP contribution < -0.4 is 10.6 Å². The van der Waals surface area contributed by atoms with Gasteiger partial charge in [0.2, 0.25) is 0 Å². The Morgan fingerprint density at radius 1 is 1.45 bits per heavy atom. The van der Waals surface area contributed by atoms with Crippen molar-refractivity contribution in [1.29, 1.82) is 0 Å². The molecule has 0 bridgehead atoms. The predicted molar refractivity (Wildman–Crippen MR) is 83.5 cm³/mol. The highest BCUT2D eigenvalue weighted by Gasteiger charge is 2.11. The topological polar surface area (TPSA) is 54.0 Å². The molecule has 2 aromatic rings. The van der Waals surface area contributed by atoms with Crippen LogP contribution in [0.5, 0.6) is 0 Å². The molecule has 2 aromatic heterocycles. The van der Waals surface area contributed by atoms with E-state index in [0.29, 0.717) is 12.1 Å². The Labute approximate surface area is 123 Å². The molecule has 0 aliphatic heterocycles. The number of aromatic nitrogens is 1. The van der Waals surface area contributed by atoms with E-state index in [2.05, 4.69) is 21.7 Å². The van der Waals surface area contributed by atoms with Gasteiger partial charge in [0.1, 0.15) is 0 Å². The van der Waals surface area contributed by atoms with Crippen molar-refractivity contribution in [3.63, 3.8) is 0 Å². The van der Waals surface area contributed by atoms with Gasteiger partial charge in [0.25, 0.3) is 5.91 Å². The average Bonchev–Trinajstić information content (AvgIpc) is 2.92. The molecule has 0 aromatic carbocycles. The average molecular weight is 289 g/mol. The lowest BCUT2D eigenvalue weighted by molar-refractivity contribution is 0.0954. The lowest BCUT2D eigenvalue weighted by atomic mass is 10.2. The van der Waals surface area contributed by atoms with Crippen LogP contribution in [-0.2, 0) is 6.42 Å². The standard InChI is InChI=1S/C15H19N3OS/c1-3-16-14-9-11(2)18-10-13(14)15(19)17-7-6-12-5-4-8-20-12/h4-5,8-10H,3,6-7H2,1-2H3,(H,16,18)(H,17,19). The third-order valence-electron chi connectivity index (χ3n) is 2.89. The number of hydrogen-bond donors (Lipinski definition) is 2. The SMILES string of the molecule is CCNc1cc(C)ncc1C(=O)NCCc1cccs1. The van der Waals surface area contributed by atoms with Gasteiger partial charge in [0.15, 0.2) is 0 Å². The summed E-state index contributed by atoms with van der Waals surface area (Å²) in [6.07, 6.45) is 2.49. The second kappa shape index (κ2) is 7.05. The first-order valence-corrected chi connectivity index (χ1v) is 7.59. The molecule has 0 fully saturated rings. The Kier molecular flexibility index (Phi) is 5.12. The molecule has 0 radical (unpaired) electrons. The summed E-state index contributed by atoms with van der Waals surface area (Å²) in [5, 5.41) is 8.19. The van der Waals surface area contributed by atoms with Crippen molar-refractivity contribution in [3.05, 3.63) is 45.9 Å². The van der Waals surface area contributed by atoms with E-state index in [1.807, 2.05) is 31.4 Å². The molecule has 0 spiro atoms. The number of aryl methyl sites for hydroxylation is 1. The molecule has 0 atom stereocenters. The number of carbonyl (C=O) groups excluding carboxylic acids is 1. The van der Waals surface area contributed by atoms with E-state index < -0.39 is 0 Å². The normalized spacial score (nSPS) is 10.3. The molecule has 2 heterocycles. The molecule has 0 aliphatic carbocycles. The molecule has 106 valence electrons. The highest BCUT2D eigenvalue weighted by atomic mass is 32.1. The van der Waals surface area contributed by atoms with Crippen LogP contribution in [0.15, 0.2) is 29.8 Å². The zero-order chi connectivity index (χ0) is 14.4. The summed E-state index contributed by atoms with van der Waals surface area (Å²) in [5.74, 6) is -0.0787. The summed E-state index contributed by atoms with van der Waals surface area (Å²) in [4.78, 5) is 17.7. The maximum Gasteiger partial charge on any atom is 0.254 e. The maximum absolute atomic E-state index is 12.2. The summed E-state index contributed by atoms with van der Waals surface area (Å²) in [6.45, 7) is 5.34. The first kappa shape index (κ1) is 14.5. The Hall–Kier alpha value is -1.88. The zero-order valence-corrected chi connectivity index (χ0v) is 12.6. The van der Waals surface area contributed by atoms with E-state index >= 15 is 0 Å². The largest absolute Gasteiger partial charge is 0.385 e. The van der Waals surface area contributed by atoms with Crippen LogP contribution in [0.3, 0.4) is 0 Å². The van der Waals surface area contributed by atoms with Crippen molar-refractivity contribution in [2.24, 2.45) is 0 Å². The van der Waals surface area contributed by atoms with Crippen LogP contribution in [0.1, 0.15) is 27.9 Å². The first-order valence-electron chi connectivity index (χ1n) is 6.71. The van der Waals surface area contributed by atoms with Gasteiger partial charge >= 0.3 is 0 Å². The summed E-state index contributed by atoms with van der Waals surface area (Å²) in [6, 6.07) is 6.00. The summed E-state index contributed by atoms with van der Waals surface area (Å²) >= 11 is 1.71. The Balaban J connectivity index is 1.97. The fourth-order valence-electron chi connectivity index (χ4n) is 1.93. The van der Waals surface area contributed by atoms with Gasteiger partial charge in [0, 0.05) is 29.9 Å². The van der Waals surface area contributed by atoms with Crippen LogP contribution in [0, 0.1) is 6.92 Å². The summed E-state index contributed by atoms with van der Waals surface area (Å²) in [5.41, 5.74) is 2.34. The molecular formula is C15H19N3OS. The molecule has 20 heavy (non-hydrogen) atoms. The zero-order valence-electron chi connectivity index (χ0n) is 11.8. The lowest BCUT2D eigenvalue weighted by Crippen LogP contribution is -2.26. The van der Waals surface area contributed by atoms with Gasteiger partial charge in [-0.2, -0.15) is 0 Å². The van der Waals surface area contributed by atoms with Crippen molar-refractivity contribution < 1.29 is 4.79 Å². The third-order valence-corrected chi connectivity index (χ3v) is 3.83. The maximum atomic E-state index is 12.2. The molecule has 1 amide bonds. The minimum absolute atomic E-state index is 0.0787. The van der Waals surface area contributed by atoms with Crippen LogP contribution in [-0.4, -0.2) is 24.0 Å². The van der Waals surface area contributed by atoms with E-state index in [1.165, 1.54) is 4.88 Å². The van der Waals surface area contributed by atoms with Crippen molar-refractivity contribution in [3.8, 4) is 0 Å². The van der Waals surface area contributed by atoms with Gasteiger partial charge in [0.05, 0.1) is 11.3 Å². The molecule has 2 N–H and O–H groups in total. The molecule has 4 nitrogen and oxygen atoms in total. The molecule has 0 saturated carbocycles. The van der Waals surface area contributed by atoms with E-state index in [9.17, 15) is 4.79 Å². The molecule has 0 saturated heterocycles. The van der Waals surface area contributed by atoms with Gasteiger partial charge < -0.3 is 10.6 Å². The minimum atomic E-state index is -0.0787. The Bertz CT molecular complexity index is 567. The molecule has 0 aliphatic rings. The number of pyridine rings is 1. The quantitative estimate of drug-likeness (QED) is 0.860. The van der Waals surface area contributed by atoms with E-state index in [-0.39, 0.29) is 5.91 Å². The van der Waals surface area contributed by atoms with Gasteiger partial charge in [-0.3, -0.25) is 9.78 Å². The molecule has 0 unspecified atom stereocenters. The number of thiophene rings is 1. The van der Waals surface area contributed by atoms with Crippen molar-refractivity contribution in [1.82, 2.24) is 10.3 Å². The van der Waals surface area contributed by atoms with Crippen LogP contribution >= 0.6 is 11.3 Å². The van der Waals surface area contributed by atoms with Gasteiger partial charge in [-0.25, -0.2) is 0 Å². The highest BCUT2D eigenvalue weighted by molar-refractivity contribution is 7.09. The number of amides is 1. The van der Waals surface area contributed by atoms with E-state index in [1.54, 1.807) is 17.5 Å². The van der Waals surface area contributed by atoms with E-state index in [0.717, 1.165) is 24.3 Å². The van der Waals surface area contributed by atoms with Crippen LogP contribution in [0.4, 0.5) is 5.69 Å². The van der Waals surface area contributed by atoms with E-state index in [4.69, 9.17) is 0 Å². The fraction of sp³-hybridized carbons (Fsp3) is 0.333. The van der Waals surface area contributed by atoms with Gasteiger partial charge in [-0.15, -0.1) is 11.3 Å². The number of rotatable bonds is 6. The second-order valence-corrected chi connectivity index (χ2v) is 5.52. The molecule has 5 heteroatoms. The van der Waals surface area contributed by atoms with Crippen molar-refractivity contribution in [2.75, 3.05) is 18.4 Å².